The molecule has 2 atom stereocenters. The molecule has 1 amide bonds. The molecule has 7 heteroatoms. The van der Waals surface area contributed by atoms with Crippen LogP contribution in [0.15, 0.2) is 23.9 Å². The van der Waals surface area contributed by atoms with Crippen molar-refractivity contribution in [1.29, 1.82) is 0 Å². The number of morpholine rings is 1. The van der Waals surface area contributed by atoms with Gasteiger partial charge in [0, 0.05) is 0 Å². The molecule has 1 fully saturated rings. The van der Waals surface area contributed by atoms with Crippen LogP contribution in [0.3, 0.4) is 0 Å². The van der Waals surface area contributed by atoms with Crippen LogP contribution in [0, 0.1) is 17.5 Å². The number of carbonyl (C=O) groups excluding carboxylic acids is 2. The number of carbonyl (C=O) groups is 2. The van der Waals surface area contributed by atoms with Crippen LogP contribution in [0.4, 0.5) is 13.2 Å². The maximum atomic E-state index is 13.4. The van der Waals surface area contributed by atoms with E-state index >= 15 is 0 Å². The number of esters is 1. The molecule has 4 nitrogen and oxygen atoms in total. The summed E-state index contributed by atoms with van der Waals surface area (Å²) in [5, 5.41) is 0. The lowest BCUT2D eigenvalue weighted by molar-refractivity contribution is -0.169. The quantitative estimate of drug-likeness (QED) is 0.455. The van der Waals surface area contributed by atoms with Gasteiger partial charge in [-0.2, -0.15) is 0 Å². The maximum absolute atomic E-state index is 13.4. The summed E-state index contributed by atoms with van der Waals surface area (Å²) in [7, 11) is 0. The fraction of sp³-hybridized carbons (Fsp3) is 0.333. The highest BCUT2D eigenvalue weighted by molar-refractivity contribution is 6.33. The van der Waals surface area contributed by atoms with Crippen molar-refractivity contribution in [2.75, 3.05) is 0 Å². The van der Waals surface area contributed by atoms with Crippen molar-refractivity contribution < 1.29 is 27.5 Å². The standard InChI is InChI=1S/C15H12F3NO3/c1-7-11-3-2-4-12(19(11)14(20)15(21)22-7)8-5-9(16)13(18)10(17)6-8/h3,5-7,12H,2,4H2,1H3/t7-,12-/m0/s1. The van der Waals surface area contributed by atoms with E-state index < -0.39 is 41.5 Å². The van der Waals surface area contributed by atoms with Gasteiger partial charge in [0.05, 0.1) is 11.7 Å². The average Bonchev–Trinajstić information content (AvgIpc) is 2.49. The zero-order chi connectivity index (χ0) is 16.0. The normalized spacial score (nSPS) is 24.7. The SMILES string of the molecule is C[C@@H]1OC(=O)C(=O)N2C1=CCC[C@H]2c1cc(F)c(F)c(F)c1. The number of benzene rings is 1. The summed E-state index contributed by atoms with van der Waals surface area (Å²) in [4.78, 5) is 24.8. The molecule has 0 unspecified atom stereocenters. The van der Waals surface area contributed by atoms with Crippen LogP contribution in [-0.4, -0.2) is 22.9 Å². The van der Waals surface area contributed by atoms with Gasteiger partial charge in [-0.1, -0.05) is 6.08 Å². The number of nitrogens with zero attached hydrogens (tertiary/aromatic N) is 1. The predicted octanol–water partition coefficient (Wildman–Crippen LogP) is 2.60. The molecule has 2 aliphatic heterocycles. The minimum Gasteiger partial charge on any atom is -0.449 e. The molecule has 22 heavy (non-hydrogen) atoms. The molecular weight excluding hydrogens is 299 g/mol. The summed E-state index contributed by atoms with van der Waals surface area (Å²) in [5.74, 6) is -6.12. The Morgan fingerprint density at radius 2 is 1.82 bits per heavy atom. The number of ether oxygens (including phenoxy) is 1. The number of amides is 1. The van der Waals surface area contributed by atoms with Crippen molar-refractivity contribution in [2.24, 2.45) is 0 Å². The number of allylic oxidation sites excluding steroid dienone is 1. The summed E-state index contributed by atoms with van der Waals surface area (Å²) in [6, 6.07) is 0.973. The molecule has 0 N–H and O–H groups in total. The molecule has 0 aromatic heterocycles. The minimum atomic E-state index is -1.56. The van der Waals surface area contributed by atoms with Crippen molar-refractivity contribution >= 4 is 11.9 Å². The lowest BCUT2D eigenvalue weighted by Gasteiger charge is -2.41. The molecule has 1 saturated heterocycles. The molecule has 0 saturated carbocycles. The van der Waals surface area contributed by atoms with Crippen LogP contribution in [0.2, 0.25) is 0 Å². The second-order valence-corrected chi connectivity index (χ2v) is 5.24. The Morgan fingerprint density at radius 3 is 2.45 bits per heavy atom. The Hall–Kier alpha value is -2.31. The Labute approximate surface area is 124 Å². The number of hydrogen-bond acceptors (Lipinski definition) is 3. The molecule has 2 aliphatic rings. The summed E-state index contributed by atoms with van der Waals surface area (Å²) >= 11 is 0. The van der Waals surface area contributed by atoms with E-state index in [1.54, 1.807) is 13.0 Å². The van der Waals surface area contributed by atoms with E-state index in [9.17, 15) is 22.8 Å². The van der Waals surface area contributed by atoms with E-state index in [1.165, 1.54) is 4.90 Å². The molecule has 116 valence electrons. The number of cyclic esters (lactones) is 1. The molecule has 2 heterocycles. The van der Waals surface area contributed by atoms with Crippen LogP contribution in [0.5, 0.6) is 0 Å². The number of hydrogen-bond donors (Lipinski definition) is 0. The maximum Gasteiger partial charge on any atom is 0.398 e. The van der Waals surface area contributed by atoms with Gasteiger partial charge >= 0.3 is 11.9 Å². The topological polar surface area (TPSA) is 46.6 Å². The van der Waals surface area contributed by atoms with E-state index in [0.29, 0.717) is 18.5 Å². The van der Waals surface area contributed by atoms with Gasteiger partial charge in [0.2, 0.25) is 0 Å². The Morgan fingerprint density at radius 1 is 1.18 bits per heavy atom. The van der Waals surface area contributed by atoms with Gasteiger partial charge in [-0.3, -0.25) is 9.69 Å². The molecular formula is C15H12F3NO3. The smallest absolute Gasteiger partial charge is 0.398 e. The number of rotatable bonds is 1. The molecule has 0 spiro atoms. The fourth-order valence-electron chi connectivity index (χ4n) is 2.87. The van der Waals surface area contributed by atoms with E-state index in [1.807, 2.05) is 0 Å². The molecule has 0 aliphatic carbocycles. The van der Waals surface area contributed by atoms with E-state index in [-0.39, 0.29) is 5.56 Å². The van der Waals surface area contributed by atoms with Crippen molar-refractivity contribution in [2.45, 2.75) is 31.9 Å². The monoisotopic (exact) mass is 311 g/mol. The fourth-order valence-corrected chi connectivity index (χ4v) is 2.87. The third-order valence-electron chi connectivity index (χ3n) is 3.87. The summed E-state index contributed by atoms with van der Waals surface area (Å²) < 4.78 is 44.9. The highest BCUT2D eigenvalue weighted by Gasteiger charge is 2.42. The third kappa shape index (κ3) is 2.17. The van der Waals surface area contributed by atoms with Crippen LogP contribution in [0.25, 0.3) is 0 Å². The minimum absolute atomic E-state index is 0.109. The first-order chi connectivity index (χ1) is 10.4. The molecule has 0 bridgehead atoms. The van der Waals surface area contributed by atoms with Crippen LogP contribution in [-0.2, 0) is 14.3 Å². The van der Waals surface area contributed by atoms with E-state index in [4.69, 9.17) is 4.74 Å². The lowest BCUT2D eigenvalue weighted by Crippen LogP contribution is -2.49. The Balaban J connectivity index is 2.06. The number of fused-ring (bicyclic) bond motifs is 1. The average molecular weight is 311 g/mol. The van der Waals surface area contributed by atoms with Crippen molar-refractivity contribution in [3.8, 4) is 0 Å². The Bertz CT molecular complexity index is 678. The molecule has 3 rings (SSSR count). The first-order valence-electron chi connectivity index (χ1n) is 6.79. The van der Waals surface area contributed by atoms with Gasteiger partial charge in [0.25, 0.3) is 0 Å². The second kappa shape index (κ2) is 5.15. The van der Waals surface area contributed by atoms with Gasteiger partial charge in [0.1, 0.15) is 6.10 Å². The zero-order valence-electron chi connectivity index (χ0n) is 11.6. The van der Waals surface area contributed by atoms with Gasteiger partial charge in [-0.05, 0) is 37.5 Å². The van der Waals surface area contributed by atoms with Gasteiger partial charge < -0.3 is 4.74 Å². The van der Waals surface area contributed by atoms with Crippen molar-refractivity contribution in [3.63, 3.8) is 0 Å². The van der Waals surface area contributed by atoms with Gasteiger partial charge in [-0.25, -0.2) is 18.0 Å². The summed E-state index contributed by atoms with van der Waals surface area (Å²) in [6.07, 6.45) is 2.05. The van der Waals surface area contributed by atoms with Crippen molar-refractivity contribution in [3.05, 3.63) is 46.9 Å². The van der Waals surface area contributed by atoms with Crippen molar-refractivity contribution in [1.82, 2.24) is 4.90 Å². The highest BCUT2D eigenvalue weighted by Crippen LogP contribution is 2.38. The predicted molar refractivity (Wildman–Crippen MR) is 68.8 cm³/mol. The summed E-state index contributed by atoms with van der Waals surface area (Å²) in [5.41, 5.74) is 0.586. The lowest BCUT2D eigenvalue weighted by atomic mass is 9.93. The molecule has 0 radical (unpaired) electrons. The van der Waals surface area contributed by atoms with E-state index in [2.05, 4.69) is 0 Å². The van der Waals surface area contributed by atoms with Crippen LogP contribution >= 0.6 is 0 Å². The second-order valence-electron chi connectivity index (χ2n) is 5.24. The Kier molecular flexibility index (Phi) is 3.42. The first-order valence-corrected chi connectivity index (χ1v) is 6.79. The van der Waals surface area contributed by atoms with Gasteiger partial charge in [-0.15, -0.1) is 0 Å². The zero-order valence-corrected chi connectivity index (χ0v) is 11.6. The largest absolute Gasteiger partial charge is 0.449 e. The molecule has 1 aromatic rings. The molecule has 1 aromatic carbocycles. The third-order valence-corrected chi connectivity index (χ3v) is 3.87. The number of halogens is 3. The van der Waals surface area contributed by atoms with Crippen LogP contribution < -0.4 is 0 Å². The first kappa shape index (κ1) is 14.6. The summed E-state index contributed by atoms with van der Waals surface area (Å²) in [6.45, 7) is 1.61. The van der Waals surface area contributed by atoms with Gasteiger partial charge in [0.15, 0.2) is 17.5 Å². The highest BCUT2D eigenvalue weighted by atomic mass is 19.2. The van der Waals surface area contributed by atoms with E-state index in [0.717, 1.165) is 12.1 Å². The van der Waals surface area contributed by atoms with Crippen LogP contribution in [0.1, 0.15) is 31.4 Å².